The minimum absolute atomic E-state index is 0.180. The Labute approximate surface area is 108 Å². The summed E-state index contributed by atoms with van der Waals surface area (Å²) in [6, 6.07) is 10.7. The lowest BCUT2D eigenvalue weighted by Crippen LogP contribution is -2.47. The molecule has 0 amide bonds. The molecule has 96 valence electrons. The molecular formula is C15H19NO2. The van der Waals surface area contributed by atoms with E-state index in [2.05, 4.69) is 35.2 Å². The van der Waals surface area contributed by atoms with Gasteiger partial charge in [0, 0.05) is 13.0 Å². The standard InChI is InChI=1S/C15H19NO2/c1-2-5-13(6-3-1)11-16-12-18-15(7-4-10-17-15)14(16)8-9-14/h1-3,5-6H,4,7-12H2. The summed E-state index contributed by atoms with van der Waals surface area (Å²) in [6.07, 6.45) is 4.65. The van der Waals surface area contributed by atoms with Crippen LogP contribution in [0.2, 0.25) is 0 Å². The second-order valence-corrected chi connectivity index (χ2v) is 5.69. The van der Waals surface area contributed by atoms with Crippen molar-refractivity contribution in [1.29, 1.82) is 0 Å². The van der Waals surface area contributed by atoms with Crippen LogP contribution in [0.3, 0.4) is 0 Å². The van der Waals surface area contributed by atoms with E-state index in [9.17, 15) is 0 Å². The van der Waals surface area contributed by atoms with Crippen molar-refractivity contribution in [2.75, 3.05) is 13.3 Å². The van der Waals surface area contributed by atoms with E-state index in [4.69, 9.17) is 9.47 Å². The lowest BCUT2D eigenvalue weighted by atomic mass is 10.0. The Morgan fingerprint density at radius 1 is 1.06 bits per heavy atom. The number of ether oxygens (including phenoxy) is 2. The Bertz CT molecular complexity index is 435. The van der Waals surface area contributed by atoms with Gasteiger partial charge in [-0.15, -0.1) is 0 Å². The topological polar surface area (TPSA) is 21.7 Å². The van der Waals surface area contributed by atoms with Crippen molar-refractivity contribution >= 4 is 0 Å². The summed E-state index contributed by atoms with van der Waals surface area (Å²) >= 11 is 0. The maximum absolute atomic E-state index is 6.07. The molecule has 0 radical (unpaired) electrons. The molecular weight excluding hydrogens is 226 g/mol. The van der Waals surface area contributed by atoms with E-state index in [1.54, 1.807) is 0 Å². The monoisotopic (exact) mass is 245 g/mol. The van der Waals surface area contributed by atoms with Gasteiger partial charge in [0.05, 0.1) is 12.1 Å². The Morgan fingerprint density at radius 3 is 2.56 bits per heavy atom. The molecule has 1 unspecified atom stereocenters. The summed E-state index contributed by atoms with van der Waals surface area (Å²) < 4.78 is 12.1. The molecule has 2 aliphatic heterocycles. The second kappa shape index (κ2) is 3.80. The van der Waals surface area contributed by atoms with Crippen molar-refractivity contribution in [2.24, 2.45) is 0 Å². The number of rotatable bonds is 2. The van der Waals surface area contributed by atoms with Gasteiger partial charge in [-0.05, 0) is 24.8 Å². The van der Waals surface area contributed by atoms with Crippen molar-refractivity contribution in [3.8, 4) is 0 Å². The first-order valence-corrected chi connectivity index (χ1v) is 6.92. The zero-order valence-corrected chi connectivity index (χ0v) is 10.6. The number of hydrogen-bond acceptors (Lipinski definition) is 3. The Hall–Kier alpha value is -0.900. The number of benzene rings is 1. The van der Waals surface area contributed by atoms with E-state index >= 15 is 0 Å². The Morgan fingerprint density at radius 2 is 1.89 bits per heavy atom. The first kappa shape index (κ1) is 11.0. The highest BCUT2D eigenvalue weighted by Gasteiger charge is 2.69. The highest BCUT2D eigenvalue weighted by molar-refractivity contribution is 5.21. The predicted octanol–water partition coefficient (Wildman–Crippen LogP) is 2.52. The van der Waals surface area contributed by atoms with Crippen LogP contribution in [0, 0.1) is 0 Å². The lowest BCUT2D eigenvalue weighted by molar-refractivity contribution is -0.192. The third kappa shape index (κ3) is 1.41. The zero-order valence-electron chi connectivity index (χ0n) is 10.6. The van der Waals surface area contributed by atoms with Crippen molar-refractivity contribution in [3.63, 3.8) is 0 Å². The summed E-state index contributed by atoms with van der Waals surface area (Å²) in [5.41, 5.74) is 1.54. The van der Waals surface area contributed by atoms with Crippen LogP contribution in [0.1, 0.15) is 31.2 Å². The third-order valence-electron chi connectivity index (χ3n) is 4.69. The van der Waals surface area contributed by atoms with Crippen molar-refractivity contribution in [3.05, 3.63) is 35.9 Å². The molecule has 1 aromatic carbocycles. The van der Waals surface area contributed by atoms with E-state index in [0.29, 0.717) is 0 Å². The molecule has 1 aromatic rings. The molecule has 1 atom stereocenters. The molecule has 1 aliphatic carbocycles. The summed E-state index contributed by atoms with van der Waals surface area (Å²) in [4.78, 5) is 2.48. The van der Waals surface area contributed by atoms with E-state index in [0.717, 1.165) is 32.7 Å². The molecule has 3 aliphatic rings. The number of hydrogen-bond donors (Lipinski definition) is 0. The van der Waals surface area contributed by atoms with E-state index < -0.39 is 0 Å². The predicted molar refractivity (Wildman–Crippen MR) is 67.8 cm³/mol. The summed E-state index contributed by atoms with van der Waals surface area (Å²) in [5.74, 6) is -0.276. The van der Waals surface area contributed by atoms with Gasteiger partial charge in [0.1, 0.15) is 6.73 Å². The number of nitrogens with zero attached hydrogens (tertiary/aromatic N) is 1. The normalized spacial score (nSPS) is 33.6. The van der Waals surface area contributed by atoms with E-state index in [1.807, 2.05) is 0 Å². The maximum Gasteiger partial charge on any atom is 0.188 e. The van der Waals surface area contributed by atoms with Gasteiger partial charge in [0.2, 0.25) is 0 Å². The fraction of sp³-hybridized carbons (Fsp3) is 0.600. The number of fused-ring (bicyclic) bond motifs is 1. The van der Waals surface area contributed by atoms with Gasteiger partial charge in [-0.2, -0.15) is 0 Å². The van der Waals surface area contributed by atoms with Crippen molar-refractivity contribution in [2.45, 2.75) is 43.6 Å². The average molecular weight is 245 g/mol. The summed E-state index contributed by atoms with van der Waals surface area (Å²) in [7, 11) is 0. The Kier molecular flexibility index (Phi) is 2.31. The van der Waals surface area contributed by atoms with Crippen LogP contribution in [0.15, 0.2) is 30.3 Å². The molecule has 0 aromatic heterocycles. The van der Waals surface area contributed by atoms with Gasteiger partial charge in [-0.1, -0.05) is 30.3 Å². The summed E-state index contributed by atoms with van der Waals surface area (Å²) in [6.45, 7) is 2.56. The molecule has 3 fully saturated rings. The van der Waals surface area contributed by atoms with Crippen LogP contribution in [0.5, 0.6) is 0 Å². The third-order valence-corrected chi connectivity index (χ3v) is 4.69. The quantitative estimate of drug-likeness (QED) is 0.799. The molecule has 0 N–H and O–H groups in total. The SMILES string of the molecule is c1ccc(CN2COC3(CCCO3)C23CC3)cc1. The zero-order chi connectivity index (χ0) is 12.1. The minimum Gasteiger partial charge on any atom is -0.348 e. The van der Waals surface area contributed by atoms with Gasteiger partial charge < -0.3 is 9.47 Å². The van der Waals surface area contributed by atoms with E-state index in [1.165, 1.54) is 18.4 Å². The second-order valence-electron chi connectivity index (χ2n) is 5.69. The molecule has 1 saturated carbocycles. The van der Waals surface area contributed by atoms with Crippen LogP contribution in [-0.2, 0) is 16.0 Å². The maximum atomic E-state index is 6.07. The minimum atomic E-state index is -0.276. The van der Waals surface area contributed by atoms with Crippen LogP contribution in [-0.4, -0.2) is 29.6 Å². The molecule has 3 nitrogen and oxygen atoms in total. The molecule has 2 heterocycles. The molecule has 18 heavy (non-hydrogen) atoms. The average Bonchev–Trinajstić information content (AvgIpc) is 3.00. The smallest absolute Gasteiger partial charge is 0.188 e. The fourth-order valence-electron chi connectivity index (χ4n) is 3.59. The summed E-state index contributed by atoms with van der Waals surface area (Å²) in [5, 5.41) is 0. The van der Waals surface area contributed by atoms with Crippen molar-refractivity contribution in [1.82, 2.24) is 4.90 Å². The van der Waals surface area contributed by atoms with Gasteiger partial charge in [0.25, 0.3) is 0 Å². The van der Waals surface area contributed by atoms with Crippen LogP contribution in [0.4, 0.5) is 0 Å². The first-order chi connectivity index (χ1) is 8.85. The lowest BCUT2D eigenvalue weighted by Gasteiger charge is -2.32. The highest BCUT2D eigenvalue weighted by atomic mass is 16.7. The van der Waals surface area contributed by atoms with Crippen LogP contribution >= 0.6 is 0 Å². The molecule has 3 heteroatoms. The van der Waals surface area contributed by atoms with Crippen molar-refractivity contribution < 1.29 is 9.47 Å². The molecule has 0 bridgehead atoms. The first-order valence-electron chi connectivity index (χ1n) is 6.92. The molecule has 4 rings (SSSR count). The van der Waals surface area contributed by atoms with Crippen LogP contribution in [0.25, 0.3) is 0 Å². The van der Waals surface area contributed by atoms with Crippen LogP contribution < -0.4 is 0 Å². The van der Waals surface area contributed by atoms with Gasteiger partial charge in [-0.3, -0.25) is 4.90 Å². The van der Waals surface area contributed by atoms with Gasteiger partial charge >= 0.3 is 0 Å². The van der Waals surface area contributed by atoms with Gasteiger partial charge in [0.15, 0.2) is 5.79 Å². The Balaban J connectivity index is 1.57. The molecule has 2 saturated heterocycles. The fourth-order valence-corrected chi connectivity index (χ4v) is 3.59. The highest BCUT2D eigenvalue weighted by Crippen LogP contribution is 2.59. The van der Waals surface area contributed by atoms with E-state index in [-0.39, 0.29) is 11.3 Å². The largest absolute Gasteiger partial charge is 0.348 e. The van der Waals surface area contributed by atoms with Gasteiger partial charge in [-0.25, -0.2) is 0 Å². The molecule has 2 spiro atoms.